The van der Waals surface area contributed by atoms with Gasteiger partial charge in [-0.15, -0.1) is 0 Å². The number of aliphatic hydroxyl groups is 4. The van der Waals surface area contributed by atoms with Gasteiger partial charge in [0.2, 0.25) is 0 Å². The minimum atomic E-state index is -1.44. The maximum absolute atomic E-state index is 9.58. The summed E-state index contributed by atoms with van der Waals surface area (Å²) in [6.07, 6.45) is -6.26. The molecular weight excluding hydrogens is 316 g/mol. The molecule has 6 nitrogen and oxygen atoms in total. The summed E-state index contributed by atoms with van der Waals surface area (Å²) in [5, 5.41) is 37.4. The van der Waals surface area contributed by atoms with Crippen LogP contribution < -0.4 is 5.73 Å². The number of alkyl halides is 1. The first-order valence-corrected chi connectivity index (χ1v) is 5.44. The second-order valence-corrected chi connectivity index (χ2v) is 5.45. The SMILES string of the molecule is [B]C(N)(I)[C@H]1OC(CO)[C@H](O)[C@H](O)C1O. The molecule has 0 aromatic rings. The Bertz CT molecular complexity index is 224. The monoisotopic (exact) mass is 329 g/mol. The zero-order valence-electron chi connectivity index (χ0n) is 7.82. The largest absolute Gasteiger partial charge is 0.394 e. The first-order valence-electron chi connectivity index (χ1n) is 4.36. The maximum Gasteiger partial charge on any atom is 0.114 e. The molecule has 0 aliphatic carbocycles. The molecule has 0 aromatic heterocycles. The summed E-state index contributed by atoms with van der Waals surface area (Å²) in [4.78, 5) is 0. The molecule has 2 radical (unpaired) electrons. The zero-order chi connectivity index (χ0) is 11.8. The van der Waals surface area contributed by atoms with Crippen molar-refractivity contribution in [3.8, 4) is 0 Å². The van der Waals surface area contributed by atoms with Crippen molar-refractivity contribution < 1.29 is 25.2 Å². The average molecular weight is 329 g/mol. The van der Waals surface area contributed by atoms with E-state index >= 15 is 0 Å². The quantitative estimate of drug-likeness (QED) is 0.160. The van der Waals surface area contributed by atoms with Crippen LogP contribution >= 0.6 is 22.6 Å². The van der Waals surface area contributed by atoms with E-state index in [0.717, 1.165) is 0 Å². The maximum atomic E-state index is 9.58. The van der Waals surface area contributed by atoms with Crippen molar-refractivity contribution in [3.63, 3.8) is 0 Å². The summed E-state index contributed by atoms with van der Waals surface area (Å²) in [6, 6.07) is 0. The molecule has 3 unspecified atom stereocenters. The van der Waals surface area contributed by atoms with Crippen LogP contribution in [0, 0.1) is 0 Å². The van der Waals surface area contributed by atoms with Gasteiger partial charge in [-0.3, -0.25) is 0 Å². The van der Waals surface area contributed by atoms with Crippen molar-refractivity contribution in [2.24, 2.45) is 5.73 Å². The second kappa shape index (κ2) is 4.82. The number of rotatable bonds is 2. The lowest BCUT2D eigenvalue weighted by Crippen LogP contribution is -2.66. The van der Waals surface area contributed by atoms with Gasteiger partial charge in [-0.1, -0.05) is 22.6 Å². The molecule has 15 heavy (non-hydrogen) atoms. The van der Waals surface area contributed by atoms with Crippen molar-refractivity contribution in [2.45, 2.75) is 34.0 Å². The van der Waals surface area contributed by atoms with Crippen molar-refractivity contribution in [1.82, 2.24) is 0 Å². The molecule has 0 amide bonds. The molecule has 1 aliphatic rings. The lowest BCUT2D eigenvalue weighted by Gasteiger charge is -2.44. The van der Waals surface area contributed by atoms with Crippen LogP contribution in [0.4, 0.5) is 0 Å². The van der Waals surface area contributed by atoms with Crippen LogP contribution in [-0.4, -0.2) is 68.8 Å². The van der Waals surface area contributed by atoms with Crippen LogP contribution in [0.2, 0.25) is 0 Å². The van der Waals surface area contributed by atoms with E-state index in [0.29, 0.717) is 0 Å². The van der Waals surface area contributed by atoms with Gasteiger partial charge in [0.1, 0.15) is 38.4 Å². The molecular formula is C7H13BINO5. The molecule has 1 fully saturated rings. The molecule has 1 saturated heterocycles. The smallest absolute Gasteiger partial charge is 0.114 e. The zero-order valence-corrected chi connectivity index (χ0v) is 9.98. The first kappa shape index (κ1) is 13.6. The summed E-state index contributed by atoms with van der Waals surface area (Å²) in [5.74, 6) is 0. The highest BCUT2D eigenvalue weighted by Gasteiger charge is 2.48. The molecule has 6 N–H and O–H groups in total. The molecule has 1 heterocycles. The van der Waals surface area contributed by atoms with E-state index in [1.54, 1.807) is 22.6 Å². The third-order valence-electron chi connectivity index (χ3n) is 2.33. The van der Waals surface area contributed by atoms with Gasteiger partial charge >= 0.3 is 0 Å². The average Bonchev–Trinajstić information content (AvgIpc) is 2.13. The van der Waals surface area contributed by atoms with Crippen LogP contribution in [0.15, 0.2) is 0 Å². The molecule has 0 aromatic carbocycles. The fourth-order valence-corrected chi connectivity index (χ4v) is 1.98. The molecule has 1 rings (SSSR count). The van der Waals surface area contributed by atoms with Crippen molar-refractivity contribution >= 4 is 30.4 Å². The van der Waals surface area contributed by atoms with Gasteiger partial charge in [-0.2, -0.15) is 0 Å². The van der Waals surface area contributed by atoms with Crippen LogP contribution in [0.25, 0.3) is 0 Å². The highest BCUT2D eigenvalue weighted by atomic mass is 127. The van der Waals surface area contributed by atoms with Gasteiger partial charge in [-0.25, -0.2) is 0 Å². The van der Waals surface area contributed by atoms with E-state index in [4.69, 9.17) is 23.4 Å². The van der Waals surface area contributed by atoms with Crippen LogP contribution in [-0.2, 0) is 4.74 Å². The number of ether oxygens (including phenoxy) is 1. The summed E-state index contributed by atoms with van der Waals surface area (Å²) in [6.45, 7) is -0.492. The van der Waals surface area contributed by atoms with Gasteiger partial charge in [0.25, 0.3) is 0 Å². The Morgan fingerprint density at radius 2 is 1.80 bits per heavy atom. The lowest BCUT2D eigenvalue weighted by molar-refractivity contribution is -0.230. The molecule has 0 bridgehead atoms. The Hall–Kier alpha value is 0.555. The standard InChI is InChI=1S/C7H13BINO5/c8-7(9,10)6-5(14)4(13)3(12)2(1-11)15-6/h2-6,11-14H,1,10H2/t2?,3-,4-,5?,6-,7?/m0/s1. The van der Waals surface area contributed by atoms with E-state index in [-0.39, 0.29) is 0 Å². The predicted octanol–water partition coefficient (Wildman–Crippen LogP) is -2.96. The van der Waals surface area contributed by atoms with Gasteiger partial charge in [0.05, 0.1) is 10.1 Å². The first-order chi connectivity index (χ1) is 6.79. The van der Waals surface area contributed by atoms with E-state index in [9.17, 15) is 15.3 Å². The fraction of sp³-hybridized carbons (Fsp3) is 1.00. The molecule has 1 aliphatic heterocycles. The van der Waals surface area contributed by atoms with Crippen LogP contribution in [0.1, 0.15) is 0 Å². The molecule has 0 saturated carbocycles. The third-order valence-corrected chi connectivity index (χ3v) is 2.94. The van der Waals surface area contributed by atoms with Gasteiger partial charge < -0.3 is 30.9 Å². The number of hydrogen-bond acceptors (Lipinski definition) is 6. The second-order valence-electron chi connectivity index (χ2n) is 3.58. The number of hydrogen-bond donors (Lipinski definition) is 5. The van der Waals surface area contributed by atoms with Gasteiger partial charge in [-0.05, 0) is 0 Å². The fourth-order valence-electron chi connectivity index (χ4n) is 1.47. The Morgan fingerprint density at radius 3 is 2.20 bits per heavy atom. The van der Waals surface area contributed by atoms with Crippen molar-refractivity contribution in [2.75, 3.05) is 6.61 Å². The molecule has 6 atom stereocenters. The van der Waals surface area contributed by atoms with E-state index in [2.05, 4.69) is 0 Å². The molecule has 8 heteroatoms. The predicted molar refractivity (Wildman–Crippen MR) is 60.5 cm³/mol. The van der Waals surface area contributed by atoms with Crippen molar-refractivity contribution in [3.05, 3.63) is 0 Å². The Kier molecular flexibility index (Phi) is 4.38. The minimum absolute atomic E-state index is 0.492. The molecule has 0 spiro atoms. The Morgan fingerprint density at radius 1 is 1.27 bits per heavy atom. The Labute approximate surface area is 102 Å². The van der Waals surface area contributed by atoms with E-state index in [1.807, 2.05) is 0 Å². The Balaban J connectivity index is 2.83. The topological polar surface area (TPSA) is 116 Å². The number of halogens is 1. The summed E-state index contributed by atoms with van der Waals surface area (Å²) in [7, 11) is 5.53. The number of nitrogens with two attached hydrogens (primary N) is 1. The third kappa shape index (κ3) is 2.81. The van der Waals surface area contributed by atoms with Crippen molar-refractivity contribution in [1.29, 1.82) is 0 Å². The lowest BCUT2D eigenvalue weighted by atomic mass is 9.83. The van der Waals surface area contributed by atoms with E-state index in [1.165, 1.54) is 0 Å². The summed E-state index contributed by atoms with van der Waals surface area (Å²) < 4.78 is 3.73. The summed E-state index contributed by atoms with van der Waals surface area (Å²) in [5.41, 5.74) is 5.53. The van der Waals surface area contributed by atoms with Crippen LogP contribution in [0.5, 0.6) is 0 Å². The summed E-state index contributed by atoms with van der Waals surface area (Å²) >= 11 is 1.65. The van der Waals surface area contributed by atoms with Gasteiger partial charge in [0, 0.05) is 0 Å². The van der Waals surface area contributed by atoms with Gasteiger partial charge in [0.15, 0.2) is 0 Å². The van der Waals surface area contributed by atoms with Crippen LogP contribution in [0.3, 0.4) is 0 Å². The normalized spacial score (nSPS) is 46.1. The minimum Gasteiger partial charge on any atom is -0.394 e. The molecule has 86 valence electrons. The highest BCUT2D eigenvalue weighted by molar-refractivity contribution is 14.1. The number of aliphatic hydroxyl groups excluding tert-OH is 4. The van der Waals surface area contributed by atoms with E-state index < -0.39 is 40.6 Å². The highest BCUT2D eigenvalue weighted by Crippen LogP contribution is 2.28.